The Balaban J connectivity index is 2.93. The van der Waals surface area contributed by atoms with Crippen LogP contribution >= 0.6 is 22.6 Å². The molecule has 0 amide bonds. The first-order valence-corrected chi connectivity index (χ1v) is 5.03. The molecule has 1 aromatic rings. The van der Waals surface area contributed by atoms with Crippen LogP contribution in [-0.2, 0) is 0 Å². The quantitative estimate of drug-likeness (QED) is 0.481. The van der Waals surface area contributed by atoms with Gasteiger partial charge >= 0.3 is 0 Å². The van der Waals surface area contributed by atoms with Crippen molar-refractivity contribution in [2.24, 2.45) is 0 Å². The summed E-state index contributed by atoms with van der Waals surface area (Å²) < 4.78 is 5.50. The third-order valence-corrected chi connectivity index (χ3v) is 2.21. The summed E-state index contributed by atoms with van der Waals surface area (Å²) in [6.45, 7) is 0. The van der Waals surface area contributed by atoms with Gasteiger partial charge in [0, 0.05) is 5.56 Å². The first-order valence-electron chi connectivity index (χ1n) is 3.51. The number of ketones is 1. The van der Waals surface area contributed by atoms with E-state index in [1.54, 1.807) is 19.2 Å². The van der Waals surface area contributed by atoms with E-state index in [4.69, 9.17) is 4.74 Å². The number of carbonyl (C=O) groups is 1. The summed E-state index contributed by atoms with van der Waals surface area (Å²) in [5, 5.41) is 0. The largest absolute Gasteiger partial charge is 0.497 e. The zero-order valence-electron chi connectivity index (χ0n) is 6.71. The van der Waals surface area contributed by atoms with Crippen molar-refractivity contribution >= 4 is 28.4 Å². The fourth-order valence-electron chi connectivity index (χ4n) is 0.874. The summed E-state index contributed by atoms with van der Waals surface area (Å²) in [5.74, 6) is 0.861. The third-order valence-electron chi connectivity index (χ3n) is 1.51. The van der Waals surface area contributed by atoms with Gasteiger partial charge in [0.05, 0.1) is 11.5 Å². The molecule has 3 heteroatoms. The summed E-state index contributed by atoms with van der Waals surface area (Å²) >= 11 is 2.05. The molecule has 0 aliphatic heterocycles. The zero-order chi connectivity index (χ0) is 8.97. The molecule has 2 nitrogen and oxygen atoms in total. The van der Waals surface area contributed by atoms with Crippen LogP contribution in [-0.4, -0.2) is 17.3 Å². The molecule has 0 saturated carbocycles. The molecule has 0 heterocycles. The maximum atomic E-state index is 11.2. The molecular weight excluding hydrogens is 267 g/mol. The van der Waals surface area contributed by atoms with E-state index < -0.39 is 0 Å². The van der Waals surface area contributed by atoms with Crippen molar-refractivity contribution in [1.82, 2.24) is 0 Å². The lowest BCUT2D eigenvalue weighted by Gasteiger charge is -2.00. The van der Waals surface area contributed by atoms with Gasteiger partial charge < -0.3 is 4.74 Å². The Morgan fingerprint density at radius 2 is 2.33 bits per heavy atom. The number of hydrogen-bond acceptors (Lipinski definition) is 2. The van der Waals surface area contributed by atoms with Gasteiger partial charge in [-0.1, -0.05) is 34.7 Å². The molecule has 0 saturated heterocycles. The SMILES string of the molecule is COc1cccc(C(=O)CI)c1. The number of rotatable bonds is 3. The van der Waals surface area contributed by atoms with E-state index in [1.165, 1.54) is 0 Å². The fourth-order valence-corrected chi connectivity index (χ4v) is 1.31. The first-order chi connectivity index (χ1) is 5.77. The summed E-state index contributed by atoms with van der Waals surface area (Å²) in [4.78, 5) is 11.2. The smallest absolute Gasteiger partial charge is 0.172 e. The van der Waals surface area contributed by atoms with Crippen molar-refractivity contribution in [3.05, 3.63) is 29.8 Å². The van der Waals surface area contributed by atoms with Crippen LogP contribution in [0.4, 0.5) is 0 Å². The summed E-state index contributed by atoms with van der Waals surface area (Å²) in [5.41, 5.74) is 0.712. The van der Waals surface area contributed by atoms with Crippen LogP contribution in [0.5, 0.6) is 5.75 Å². The summed E-state index contributed by atoms with van der Waals surface area (Å²) in [6.07, 6.45) is 0. The highest BCUT2D eigenvalue weighted by atomic mass is 127. The molecule has 0 bridgehead atoms. The lowest BCUT2D eigenvalue weighted by molar-refractivity contribution is 0.102. The number of benzene rings is 1. The third kappa shape index (κ3) is 2.20. The molecule has 0 radical (unpaired) electrons. The number of methoxy groups -OCH3 is 1. The highest BCUT2D eigenvalue weighted by Crippen LogP contribution is 2.13. The average Bonchev–Trinajstić information content (AvgIpc) is 2.17. The van der Waals surface area contributed by atoms with Gasteiger partial charge in [-0.25, -0.2) is 0 Å². The van der Waals surface area contributed by atoms with Crippen molar-refractivity contribution in [3.63, 3.8) is 0 Å². The van der Waals surface area contributed by atoms with Crippen molar-refractivity contribution in [1.29, 1.82) is 0 Å². The molecule has 0 N–H and O–H groups in total. The second-order valence-corrected chi connectivity index (χ2v) is 3.05. The maximum Gasteiger partial charge on any atom is 0.172 e. The van der Waals surface area contributed by atoms with E-state index >= 15 is 0 Å². The lowest BCUT2D eigenvalue weighted by Crippen LogP contribution is -1.99. The molecular formula is C9H9IO2. The topological polar surface area (TPSA) is 26.3 Å². The van der Waals surface area contributed by atoms with E-state index in [2.05, 4.69) is 22.6 Å². The van der Waals surface area contributed by atoms with Crippen LogP contribution in [0.2, 0.25) is 0 Å². The minimum atomic E-state index is 0.134. The number of alkyl halides is 1. The Morgan fingerprint density at radius 3 is 2.92 bits per heavy atom. The number of carbonyl (C=O) groups excluding carboxylic acids is 1. The van der Waals surface area contributed by atoms with Crippen molar-refractivity contribution in [3.8, 4) is 5.75 Å². The summed E-state index contributed by atoms with van der Waals surface area (Å²) in [6, 6.07) is 7.19. The van der Waals surface area contributed by atoms with Crippen molar-refractivity contribution in [2.45, 2.75) is 0 Å². The molecule has 0 unspecified atom stereocenters. The maximum absolute atomic E-state index is 11.2. The van der Waals surface area contributed by atoms with Gasteiger partial charge in [-0.05, 0) is 12.1 Å². The van der Waals surface area contributed by atoms with Gasteiger partial charge in [-0.3, -0.25) is 4.79 Å². The Morgan fingerprint density at radius 1 is 1.58 bits per heavy atom. The molecule has 12 heavy (non-hydrogen) atoms. The molecule has 0 aliphatic rings. The Labute approximate surface area is 85.1 Å². The molecule has 64 valence electrons. The van der Waals surface area contributed by atoms with Gasteiger partial charge in [0.25, 0.3) is 0 Å². The fraction of sp³-hybridized carbons (Fsp3) is 0.222. The molecule has 0 spiro atoms. The van der Waals surface area contributed by atoms with Gasteiger partial charge in [0.1, 0.15) is 5.75 Å². The van der Waals surface area contributed by atoms with Crippen molar-refractivity contribution in [2.75, 3.05) is 11.5 Å². The Hall–Kier alpha value is -0.580. The van der Waals surface area contributed by atoms with E-state index in [-0.39, 0.29) is 5.78 Å². The van der Waals surface area contributed by atoms with E-state index in [1.807, 2.05) is 12.1 Å². The van der Waals surface area contributed by atoms with Crippen LogP contribution in [0.1, 0.15) is 10.4 Å². The van der Waals surface area contributed by atoms with Gasteiger partial charge in [-0.15, -0.1) is 0 Å². The molecule has 0 aromatic heterocycles. The highest BCUT2D eigenvalue weighted by molar-refractivity contribution is 14.1. The first kappa shape index (κ1) is 9.51. The lowest BCUT2D eigenvalue weighted by atomic mass is 10.1. The molecule has 0 atom stereocenters. The van der Waals surface area contributed by atoms with Crippen LogP contribution in [0.3, 0.4) is 0 Å². The van der Waals surface area contributed by atoms with Crippen LogP contribution in [0, 0.1) is 0 Å². The molecule has 1 rings (SSSR count). The van der Waals surface area contributed by atoms with Gasteiger partial charge in [0.2, 0.25) is 0 Å². The van der Waals surface area contributed by atoms with E-state index in [0.29, 0.717) is 9.99 Å². The molecule has 0 fully saturated rings. The number of Topliss-reactive ketones (excluding diaryl/α,β-unsaturated/α-hetero) is 1. The second kappa shape index (κ2) is 4.45. The Kier molecular flexibility index (Phi) is 3.52. The van der Waals surface area contributed by atoms with E-state index in [9.17, 15) is 4.79 Å². The second-order valence-electron chi connectivity index (χ2n) is 2.29. The molecule has 0 aliphatic carbocycles. The van der Waals surface area contributed by atoms with Crippen LogP contribution in [0.25, 0.3) is 0 Å². The summed E-state index contributed by atoms with van der Waals surface area (Å²) in [7, 11) is 1.59. The predicted octanol–water partition coefficient (Wildman–Crippen LogP) is 2.31. The normalized spacial score (nSPS) is 9.50. The van der Waals surface area contributed by atoms with Crippen LogP contribution in [0.15, 0.2) is 24.3 Å². The minimum absolute atomic E-state index is 0.134. The highest BCUT2D eigenvalue weighted by Gasteiger charge is 2.03. The monoisotopic (exact) mass is 276 g/mol. The number of ether oxygens (including phenoxy) is 1. The zero-order valence-corrected chi connectivity index (χ0v) is 8.87. The average molecular weight is 276 g/mol. The Bertz CT molecular complexity index is 284. The number of halogens is 1. The standard InChI is InChI=1S/C9H9IO2/c1-12-8-4-2-3-7(5-8)9(11)6-10/h2-5H,6H2,1H3. The molecule has 1 aromatic carbocycles. The van der Waals surface area contributed by atoms with Gasteiger partial charge in [-0.2, -0.15) is 0 Å². The van der Waals surface area contributed by atoms with Crippen LogP contribution < -0.4 is 4.74 Å². The van der Waals surface area contributed by atoms with Gasteiger partial charge in [0.15, 0.2) is 5.78 Å². The van der Waals surface area contributed by atoms with Crippen molar-refractivity contribution < 1.29 is 9.53 Å². The minimum Gasteiger partial charge on any atom is -0.497 e. The van der Waals surface area contributed by atoms with E-state index in [0.717, 1.165) is 5.75 Å². The number of hydrogen-bond donors (Lipinski definition) is 0. The predicted molar refractivity (Wildman–Crippen MR) is 56.2 cm³/mol.